The highest BCUT2D eigenvalue weighted by Crippen LogP contribution is 2.59. The molecule has 0 aliphatic carbocycles. The van der Waals surface area contributed by atoms with E-state index in [1.807, 2.05) is 52.0 Å². The molecule has 54 heavy (non-hydrogen) atoms. The van der Waals surface area contributed by atoms with Crippen molar-refractivity contribution in [2.75, 3.05) is 0 Å². The van der Waals surface area contributed by atoms with Crippen LogP contribution in [0.5, 0.6) is 69.0 Å². The van der Waals surface area contributed by atoms with Crippen LogP contribution in [-0.4, -0.2) is 0 Å². The molecule has 0 radical (unpaired) electrons. The van der Waals surface area contributed by atoms with Gasteiger partial charge >= 0.3 is 0 Å². The SMILES string of the molecule is Cc1cc(C)cc(Oc2c(C)cc(C)c3c2Oc2c(cc(C)c(-c4c(C)cc5c(c4C)Oc4c(Oc6cc(C)cc(C)c6)c(C)cc(C)c4O5)c2C)O3)c1. The van der Waals surface area contributed by atoms with Gasteiger partial charge in [-0.3, -0.25) is 0 Å². The van der Waals surface area contributed by atoms with Gasteiger partial charge in [0.05, 0.1) is 0 Å². The summed E-state index contributed by atoms with van der Waals surface area (Å²) in [6.07, 6.45) is 0. The summed E-state index contributed by atoms with van der Waals surface area (Å²) in [5.74, 6) is 7.94. The predicted octanol–water partition coefficient (Wildman–Crippen LogP) is 14.4. The van der Waals surface area contributed by atoms with Crippen molar-refractivity contribution in [3.05, 3.63) is 127 Å². The summed E-state index contributed by atoms with van der Waals surface area (Å²) in [5.41, 5.74) is 14.6. The van der Waals surface area contributed by atoms with Crippen LogP contribution >= 0.6 is 0 Å². The van der Waals surface area contributed by atoms with Gasteiger partial charge in [0.2, 0.25) is 11.5 Å². The lowest BCUT2D eigenvalue weighted by molar-refractivity contribution is 0.335. The van der Waals surface area contributed by atoms with Gasteiger partial charge in [-0.05, 0) is 198 Å². The van der Waals surface area contributed by atoms with Gasteiger partial charge in [-0.2, -0.15) is 0 Å². The number of benzene rings is 6. The first-order valence-corrected chi connectivity index (χ1v) is 18.5. The summed E-state index contributed by atoms with van der Waals surface area (Å²) >= 11 is 0. The average Bonchev–Trinajstić information content (AvgIpc) is 3.08. The van der Waals surface area contributed by atoms with Crippen LogP contribution in [-0.2, 0) is 0 Å². The van der Waals surface area contributed by atoms with E-state index in [4.69, 9.17) is 28.4 Å². The summed E-state index contributed by atoms with van der Waals surface area (Å²) in [6.45, 7) is 24.9. The van der Waals surface area contributed by atoms with Crippen molar-refractivity contribution in [2.45, 2.75) is 83.1 Å². The molecular formula is C48H46O6. The summed E-state index contributed by atoms with van der Waals surface area (Å²) < 4.78 is 40.3. The van der Waals surface area contributed by atoms with Gasteiger partial charge in [-0.15, -0.1) is 0 Å². The van der Waals surface area contributed by atoms with Crippen molar-refractivity contribution in [3.8, 4) is 80.1 Å². The Hall–Kier alpha value is -5.88. The second-order valence-corrected chi connectivity index (χ2v) is 15.3. The third kappa shape index (κ3) is 5.90. The van der Waals surface area contributed by atoms with Crippen molar-refractivity contribution in [3.63, 3.8) is 0 Å². The summed E-state index contributed by atoms with van der Waals surface area (Å²) in [6, 6.07) is 20.7. The molecule has 0 unspecified atom stereocenters. The van der Waals surface area contributed by atoms with E-state index in [0.717, 1.165) is 89.4 Å². The Morgan fingerprint density at radius 1 is 0.315 bits per heavy atom. The number of hydrogen-bond donors (Lipinski definition) is 0. The largest absolute Gasteiger partial charge is 0.453 e. The molecule has 6 aromatic rings. The Morgan fingerprint density at radius 2 is 0.667 bits per heavy atom. The van der Waals surface area contributed by atoms with Gasteiger partial charge in [0, 0.05) is 11.1 Å². The number of hydrogen-bond acceptors (Lipinski definition) is 6. The molecule has 2 heterocycles. The topological polar surface area (TPSA) is 55.4 Å². The molecule has 274 valence electrons. The van der Waals surface area contributed by atoms with Crippen LogP contribution in [0.25, 0.3) is 11.1 Å². The Morgan fingerprint density at radius 3 is 1.02 bits per heavy atom. The maximum Gasteiger partial charge on any atom is 0.213 e. The van der Waals surface area contributed by atoms with Crippen LogP contribution in [0, 0.1) is 83.1 Å². The molecule has 0 aromatic heterocycles. The lowest BCUT2D eigenvalue weighted by Gasteiger charge is -2.30. The molecule has 2 aliphatic rings. The first-order chi connectivity index (χ1) is 25.7. The van der Waals surface area contributed by atoms with Gasteiger partial charge in [0.25, 0.3) is 0 Å². The fourth-order valence-corrected chi connectivity index (χ4v) is 8.20. The van der Waals surface area contributed by atoms with Crippen molar-refractivity contribution < 1.29 is 28.4 Å². The van der Waals surface area contributed by atoms with Crippen LogP contribution in [0.2, 0.25) is 0 Å². The second kappa shape index (κ2) is 12.9. The fraction of sp³-hybridized carbons (Fsp3) is 0.250. The van der Waals surface area contributed by atoms with E-state index in [1.54, 1.807) is 0 Å². The molecule has 0 saturated carbocycles. The first-order valence-electron chi connectivity index (χ1n) is 18.5. The minimum absolute atomic E-state index is 0.575. The molecule has 0 fully saturated rings. The molecule has 2 aliphatic heterocycles. The quantitative estimate of drug-likeness (QED) is 0.177. The normalized spacial score (nSPS) is 12.3. The Bertz CT molecular complexity index is 2360. The number of rotatable bonds is 5. The summed E-state index contributed by atoms with van der Waals surface area (Å²) in [4.78, 5) is 0. The van der Waals surface area contributed by atoms with E-state index in [0.29, 0.717) is 57.5 Å². The lowest BCUT2D eigenvalue weighted by Crippen LogP contribution is -2.08. The average molecular weight is 719 g/mol. The van der Waals surface area contributed by atoms with Gasteiger partial charge in [0.15, 0.2) is 46.0 Å². The highest BCUT2D eigenvalue weighted by molar-refractivity contribution is 5.84. The van der Waals surface area contributed by atoms with Crippen LogP contribution in [0.3, 0.4) is 0 Å². The lowest BCUT2D eigenvalue weighted by atomic mass is 9.87. The number of fused-ring (bicyclic) bond motifs is 4. The highest BCUT2D eigenvalue weighted by Gasteiger charge is 2.33. The second-order valence-electron chi connectivity index (χ2n) is 15.3. The van der Waals surface area contributed by atoms with Crippen LogP contribution in [0.4, 0.5) is 0 Å². The first kappa shape index (κ1) is 35.2. The Labute approximate surface area is 318 Å². The molecule has 6 nitrogen and oxygen atoms in total. The molecule has 6 heteroatoms. The maximum absolute atomic E-state index is 6.88. The van der Waals surface area contributed by atoms with E-state index in [1.165, 1.54) is 0 Å². The van der Waals surface area contributed by atoms with Crippen LogP contribution in [0.15, 0.2) is 60.7 Å². The standard InChI is InChI=1S/C48H46O6/c1-23-13-24(2)16-35(15-23)49-41-29(7)19-31(9)43-47(41)53-45-33(11)39(27(5)21-37(45)51-43)40-28(6)22-38-46(34(40)12)54-48-42(30(8)20-32(10)44(48)52-38)50-36-17-25(3)14-26(4)18-36/h13-22H,1-12H3. The third-order valence-corrected chi connectivity index (χ3v) is 10.4. The van der Waals surface area contributed by atoms with Gasteiger partial charge < -0.3 is 28.4 Å². The molecule has 0 amide bonds. The highest BCUT2D eigenvalue weighted by atomic mass is 16.6. The van der Waals surface area contributed by atoms with E-state index >= 15 is 0 Å². The zero-order valence-corrected chi connectivity index (χ0v) is 33.2. The minimum atomic E-state index is 0.575. The zero-order valence-electron chi connectivity index (χ0n) is 33.2. The van der Waals surface area contributed by atoms with Crippen molar-refractivity contribution in [1.82, 2.24) is 0 Å². The molecule has 0 saturated heterocycles. The molecule has 0 N–H and O–H groups in total. The van der Waals surface area contributed by atoms with E-state index in [2.05, 4.69) is 91.8 Å². The zero-order chi connectivity index (χ0) is 38.3. The molecular weight excluding hydrogens is 673 g/mol. The smallest absolute Gasteiger partial charge is 0.213 e. The van der Waals surface area contributed by atoms with Crippen molar-refractivity contribution in [1.29, 1.82) is 0 Å². The molecule has 0 spiro atoms. The molecule has 6 aromatic carbocycles. The van der Waals surface area contributed by atoms with Crippen molar-refractivity contribution >= 4 is 0 Å². The summed E-state index contributed by atoms with van der Waals surface area (Å²) in [5, 5.41) is 0. The molecule has 0 atom stereocenters. The van der Waals surface area contributed by atoms with E-state index < -0.39 is 0 Å². The summed E-state index contributed by atoms with van der Waals surface area (Å²) in [7, 11) is 0. The van der Waals surface area contributed by atoms with E-state index in [-0.39, 0.29) is 0 Å². The number of ether oxygens (including phenoxy) is 6. The van der Waals surface area contributed by atoms with E-state index in [9.17, 15) is 0 Å². The third-order valence-electron chi connectivity index (χ3n) is 10.4. The maximum atomic E-state index is 6.88. The minimum Gasteiger partial charge on any atom is -0.453 e. The van der Waals surface area contributed by atoms with Crippen molar-refractivity contribution in [2.24, 2.45) is 0 Å². The van der Waals surface area contributed by atoms with Gasteiger partial charge in [0.1, 0.15) is 11.5 Å². The Kier molecular flexibility index (Phi) is 8.41. The van der Waals surface area contributed by atoms with Gasteiger partial charge in [-0.1, -0.05) is 12.1 Å². The van der Waals surface area contributed by atoms with Crippen LogP contribution < -0.4 is 28.4 Å². The van der Waals surface area contributed by atoms with Crippen LogP contribution in [0.1, 0.15) is 66.8 Å². The molecule has 8 rings (SSSR count). The number of aryl methyl sites for hydroxylation is 10. The Balaban J connectivity index is 1.22. The molecule has 0 bridgehead atoms. The van der Waals surface area contributed by atoms with Gasteiger partial charge in [-0.25, -0.2) is 0 Å². The monoisotopic (exact) mass is 718 g/mol. The fourth-order valence-electron chi connectivity index (χ4n) is 8.20. The predicted molar refractivity (Wildman–Crippen MR) is 215 cm³/mol.